The number of carbonyl (C=O) groups is 1. The van der Waals surface area contributed by atoms with Crippen LogP contribution >= 0.6 is 0 Å². The van der Waals surface area contributed by atoms with Gasteiger partial charge in [0.2, 0.25) is 0 Å². The molecule has 4 aromatic rings. The molecule has 2 heterocycles. The molecule has 1 fully saturated rings. The van der Waals surface area contributed by atoms with E-state index >= 15 is 0 Å². The van der Waals surface area contributed by atoms with Gasteiger partial charge in [0.1, 0.15) is 0 Å². The van der Waals surface area contributed by atoms with E-state index in [-0.39, 0.29) is 5.69 Å². The zero-order valence-electron chi connectivity index (χ0n) is 22.3. The molecule has 0 spiro atoms. The first-order valence-corrected chi connectivity index (χ1v) is 13.0. The predicted octanol–water partition coefficient (Wildman–Crippen LogP) is 5.96. The minimum Gasteiger partial charge on any atom is -0.322 e. The quantitative estimate of drug-likeness (QED) is 0.323. The number of halogens is 3. The van der Waals surface area contributed by atoms with Gasteiger partial charge in [-0.25, -0.2) is 0 Å². The van der Waals surface area contributed by atoms with Crippen LogP contribution in [0.15, 0.2) is 73.1 Å². The van der Waals surface area contributed by atoms with Crippen molar-refractivity contribution in [3.05, 3.63) is 106 Å². The van der Waals surface area contributed by atoms with Gasteiger partial charge < -0.3 is 10.2 Å². The Hall–Kier alpha value is -4.19. The standard InChI is InChI=1S/C32H29F3N4O/c1-22-7-8-25(17-24(22)9-10-27-20-36-19-26-5-3-4-6-30(26)27)31(40)37-29-16-23(15-28(18-29)32(33,34)35)21-39-13-11-38(2)12-14-39/h3-8,15-20H,11-14,21H2,1-2H3,(H,37,40). The van der Waals surface area contributed by atoms with Crippen LogP contribution in [0.2, 0.25) is 0 Å². The highest BCUT2D eigenvalue weighted by Gasteiger charge is 2.31. The van der Waals surface area contributed by atoms with Gasteiger partial charge in [0, 0.05) is 72.7 Å². The highest BCUT2D eigenvalue weighted by Crippen LogP contribution is 2.32. The molecule has 0 unspecified atom stereocenters. The Morgan fingerprint density at radius 3 is 2.48 bits per heavy atom. The Morgan fingerprint density at radius 1 is 0.950 bits per heavy atom. The monoisotopic (exact) mass is 542 g/mol. The summed E-state index contributed by atoms with van der Waals surface area (Å²) in [5.74, 6) is 5.80. The summed E-state index contributed by atoms with van der Waals surface area (Å²) < 4.78 is 41.1. The van der Waals surface area contributed by atoms with Crippen molar-refractivity contribution < 1.29 is 18.0 Å². The summed E-state index contributed by atoms with van der Waals surface area (Å²) in [4.78, 5) is 21.7. The third kappa shape index (κ3) is 6.50. The summed E-state index contributed by atoms with van der Waals surface area (Å²) in [7, 11) is 2.03. The van der Waals surface area contributed by atoms with Crippen LogP contribution in [-0.2, 0) is 12.7 Å². The molecule has 1 N–H and O–H groups in total. The second kappa shape index (κ2) is 11.5. The summed E-state index contributed by atoms with van der Waals surface area (Å²) in [6.45, 7) is 5.54. The number of alkyl halides is 3. The Balaban J connectivity index is 1.39. The van der Waals surface area contributed by atoms with E-state index in [1.807, 2.05) is 38.2 Å². The first-order valence-electron chi connectivity index (χ1n) is 13.0. The molecule has 1 saturated heterocycles. The van der Waals surface area contributed by atoms with E-state index in [2.05, 4.69) is 31.9 Å². The second-order valence-electron chi connectivity index (χ2n) is 10.1. The molecule has 3 aromatic carbocycles. The fraction of sp³-hybridized carbons (Fsp3) is 0.250. The average Bonchev–Trinajstić information content (AvgIpc) is 2.93. The minimum atomic E-state index is -4.53. The number of amides is 1. The maximum absolute atomic E-state index is 13.7. The van der Waals surface area contributed by atoms with Gasteiger partial charge in [0.05, 0.1) is 11.1 Å². The highest BCUT2D eigenvalue weighted by molar-refractivity contribution is 6.04. The van der Waals surface area contributed by atoms with Gasteiger partial charge in [0.15, 0.2) is 0 Å². The molecule has 5 nitrogen and oxygen atoms in total. The second-order valence-corrected chi connectivity index (χ2v) is 10.1. The van der Waals surface area contributed by atoms with Crippen LogP contribution in [0.4, 0.5) is 18.9 Å². The molecule has 204 valence electrons. The van der Waals surface area contributed by atoms with E-state index in [1.54, 1.807) is 36.7 Å². The third-order valence-corrected chi connectivity index (χ3v) is 7.08. The van der Waals surface area contributed by atoms with Crippen LogP contribution in [0.1, 0.15) is 38.2 Å². The molecule has 0 bridgehead atoms. The summed E-state index contributed by atoms with van der Waals surface area (Å²) in [6, 6.07) is 16.7. The molecule has 0 aliphatic carbocycles. The number of aromatic nitrogens is 1. The largest absolute Gasteiger partial charge is 0.416 e. The SMILES string of the molecule is Cc1ccc(C(=O)Nc2cc(CN3CCN(C)CC3)cc(C(F)(F)F)c2)cc1C#Cc1cncc2ccccc12. The number of rotatable bonds is 4. The Bertz CT molecular complexity index is 1610. The zero-order chi connectivity index (χ0) is 28.3. The van der Waals surface area contributed by atoms with Crippen molar-refractivity contribution in [3.63, 3.8) is 0 Å². The number of nitrogens with one attached hydrogen (secondary N) is 1. The van der Waals surface area contributed by atoms with Crippen molar-refractivity contribution in [1.29, 1.82) is 0 Å². The molecule has 1 aromatic heterocycles. The smallest absolute Gasteiger partial charge is 0.322 e. The number of nitrogens with zero attached hydrogens (tertiary/aromatic N) is 3. The molecule has 8 heteroatoms. The maximum Gasteiger partial charge on any atom is 0.416 e. The molecular weight excluding hydrogens is 513 g/mol. The van der Waals surface area contributed by atoms with Crippen molar-refractivity contribution in [2.45, 2.75) is 19.6 Å². The van der Waals surface area contributed by atoms with Gasteiger partial charge in [-0.2, -0.15) is 13.2 Å². The Labute approximate surface area is 231 Å². The summed E-state index contributed by atoms with van der Waals surface area (Å²) >= 11 is 0. The van der Waals surface area contributed by atoms with Gasteiger partial charge in [-0.15, -0.1) is 0 Å². The Morgan fingerprint density at radius 2 is 1.70 bits per heavy atom. The predicted molar refractivity (Wildman–Crippen MR) is 151 cm³/mol. The van der Waals surface area contributed by atoms with E-state index in [1.165, 1.54) is 0 Å². The van der Waals surface area contributed by atoms with Crippen molar-refractivity contribution in [2.24, 2.45) is 0 Å². The van der Waals surface area contributed by atoms with Gasteiger partial charge in [-0.1, -0.05) is 42.2 Å². The number of anilines is 1. The number of pyridine rings is 1. The fourth-order valence-electron chi connectivity index (χ4n) is 4.74. The fourth-order valence-corrected chi connectivity index (χ4v) is 4.74. The van der Waals surface area contributed by atoms with Crippen LogP contribution in [0.3, 0.4) is 0 Å². The van der Waals surface area contributed by atoms with Crippen LogP contribution < -0.4 is 5.32 Å². The summed E-state index contributed by atoms with van der Waals surface area (Å²) in [5, 5.41) is 4.64. The van der Waals surface area contributed by atoms with E-state index in [0.29, 0.717) is 23.2 Å². The number of carbonyl (C=O) groups excluding carboxylic acids is 1. The summed E-state index contributed by atoms with van der Waals surface area (Å²) in [6.07, 6.45) is -1.05. The third-order valence-electron chi connectivity index (χ3n) is 7.08. The van der Waals surface area contributed by atoms with Gasteiger partial charge in [0.25, 0.3) is 5.91 Å². The van der Waals surface area contributed by atoms with E-state index in [0.717, 1.165) is 60.2 Å². The maximum atomic E-state index is 13.7. The number of hydrogen-bond donors (Lipinski definition) is 1. The number of piperazine rings is 1. The van der Waals surface area contributed by atoms with Crippen molar-refractivity contribution in [1.82, 2.24) is 14.8 Å². The molecule has 1 aliphatic rings. The first kappa shape index (κ1) is 27.4. The van der Waals surface area contributed by atoms with Crippen molar-refractivity contribution in [2.75, 3.05) is 38.5 Å². The van der Waals surface area contributed by atoms with Crippen LogP contribution in [0.25, 0.3) is 10.8 Å². The Kier molecular flexibility index (Phi) is 7.88. The number of likely N-dealkylation sites (N-methyl/N-ethyl adjacent to an activating group) is 1. The normalized spacial score (nSPS) is 14.5. The van der Waals surface area contributed by atoms with Gasteiger partial charge in [-0.05, 0) is 55.4 Å². The van der Waals surface area contributed by atoms with E-state index in [4.69, 9.17) is 0 Å². The highest BCUT2D eigenvalue weighted by atomic mass is 19.4. The molecule has 0 atom stereocenters. The van der Waals surface area contributed by atoms with Crippen molar-refractivity contribution >= 4 is 22.4 Å². The zero-order valence-corrected chi connectivity index (χ0v) is 22.3. The number of aryl methyl sites for hydroxylation is 1. The topological polar surface area (TPSA) is 48.5 Å². The molecule has 5 rings (SSSR count). The van der Waals surface area contributed by atoms with Crippen LogP contribution in [-0.4, -0.2) is 53.9 Å². The lowest BCUT2D eigenvalue weighted by Crippen LogP contribution is -2.43. The average molecular weight is 543 g/mol. The lowest BCUT2D eigenvalue weighted by molar-refractivity contribution is -0.137. The molecule has 40 heavy (non-hydrogen) atoms. The molecule has 1 aliphatic heterocycles. The number of hydrogen-bond acceptors (Lipinski definition) is 4. The first-order chi connectivity index (χ1) is 19.2. The lowest BCUT2D eigenvalue weighted by Gasteiger charge is -2.32. The molecule has 0 radical (unpaired) electrons. The van der Waals surface area contributed by atoms with Gasteiger partial charge in [-0.3, -0.25) is 14.7 Å². The number of fused-ring (bicyclic) bond motifs is 1. The van der Waals surface area contributed by atoms with Crippen LogP contribution in [0, 0.1) is 18.8 Å². The summed E-state index contributed by atoms with van der Waals surface area (Å²) in [5.41, 5.74) is 2.45. The molecular formula is C32H29F3N4O. The van der Waals surface area contributed by atoms with E-state index < -0.39 is 17.6 Å². The molecule has 1 amide bonds. The van der Waals surface area contributed by atoms with E-state index in [9.17, 15) is 18.0 Å². The number of benzene rings is 3. The van der Waals surface area contributed by atoms with Crippen LogP contribution in [0.5, 0.6) is 0 Å². The minimum absolute atomic E-state index is 0.110. The lowest BCUT2D eigenvalue weighted by atomic mass is 10.0. The van der Waals surface area contributed by atoms with Gasteiger partial charge >= 0.3 is 6.18 Å². The van der Waals surface area contributed by atoms with Crippen molar-refractivity contribution in [3.8, 4) is 11.8 Å². The molecule has 0 saturated carbocycles.